The third-order valence-corrected chi connectivity index (χ3v) is 3.30. The summed E-state index contributed by atoms with van der Waals surface area (Å²) in [7, 11) is 0. The Labute approximate surface area is 115 Å². The van der Waals surface area contributed by atoms with E-state index in [1.54, 1.807) is 0 Å². The highest BCUT2D eigenvalue weighted by molar-refractivity contribution is 5.18. The fourth-order valence-electron chi connectivity index (χ4n) is 2.35. The maximum Gasteiger partial charge on any atom is 0.0403 e. The highest BCUT2D eigenvalue weighted by atomic mass is 14.9. The van der Waals surface area contributed by atoms with Gasteiger partial charge in [-0.05, 0) is 43.5 Å². The van der Waals surface area contributed by atoms with Crippen molar-refractivity contribution in [2.24, 2.45) is 0 Å². The molecule has 0 spiro atoms. The Morgan fingerprint density at radius 3 is 2.53 bits per heavy atom. The molecule has 0 amide bonds. The second kappa shape index (κ2) is 7.70. The zero-order valence-corrected chi connectivity index (χ0v) is 11.5. The largest absolute Gasteiger partial charge is 0.310 e. The van der Waals surface area contributed by atoms with Crippen molar-refractivity contribution in [3.63, 3.8) is 0 Å². The fourth-order valence-corrected chi connectivity index (χ4v) is 2.35. The molecule has 19 heavy (non-hydrogen) atoms. The summed E-state index contributed by atoms with van der Waals surface area (Å²) in [6, 6.07) is 17.3. The van der Waals surface area contributed by atoms with E-state index in [4.69, 9.17) is 0 Å². The summed E-state index contributed by atoms with van der Waals surface area (Å²) in [6.45, 7) is 3.16. The number of nitrogens with zero attached hydrogens (tertiary/aromatic N) is 1. The number of benzene rings is 1. The second-order valence-electron chi connectivity index (χ2n) is 4.73. The second-order valence-corrected chi connectivity index (χ2v) is 4.73. The van der Waals surface area contributed by atoms with Crippen molar-refractivity contribution in [2.45, 2.75) is 32.2 Å². The molecule has 0 aliphatic carbocycles. The summed E-state index contributed by atoms with van der Waals surface area (Å²) >= 11 is 0. The average Bonchev–Trinajstić information content (AvgIpc) is 2.48. The summed E-state index contributed by atoms with van der Waals surface area (Å²) in [5.74, 6) is 0. The molecule has 1 atom stereocenters. The zero-order valence-electron chi connectivity index (χ0n) is 11.5. The van der Waals surface area contributed by atoms with Gasteiger partial charge in [0.05, 0.1) is 0 Å². The monoisotopic (exact) mass is 254 g/mol. The molecule has 1 unspecified atom stereocenters. The lowest BCUT2D eigenvalue weighted by Crippen LogP contribution is -2.21. The van der Waals surface area contributed by atoms with Crippen LogP contribution in [-0.2, 0) is 6.42 Å². The number of hydrogen-bond donors (Lipinski definition) is 1. The number of rotatable bonds is 7. The molecule has 0 bridgehead atoms. The maximum absolute atomic E-state index is 4.37. The van der Waals surface area contributed by atoms with E-state index in [9.17, 15) is 0 Å². The van der Waals surface area contributed by atoms with Crippen LogP contribution < -0.4 is 5.32 Å². The van der Waals surface area contributed by atoms with E-state index in [0.29, 0.717) is 6.04 Å². The predicted octanol–water partition coefficient (Wildman–Crippen LogP) is 3.76. The highest BCUT2D eigenvalue weighted by Gasteiger charge is 2.09. The van der Waals surface area contributed by atoms with Gasteiger partial charge in [-0.25, -0.2) is 0 Å². The first kappa shape index (κ1) is 13.8. The van der Waals surface area contributed by atoms with E-state index >= 15 is 0 Å². The standard InChI is InChI=1S/C17H22N2/c1-2-18-17(15-9-4-3-5-10-15)13-8-12-16-11-6-7-14-19-16/h3-7,9-11,14,17-18H,2,8,12-13H2,1H3. The average molecular weight is 254 g/mol. The van der Waals surface area contributed by atoms with Gasteiger partial charge in [0.15, 0.2) is 0 Å². The lowest BCUT2D eigenvalue weighted by atomic mass is 10.0. The molecule has 1 aromatic carbocycles. The van der Waals surface area contributed by atoms with Crippen LogP contribution in [0.25, 0.3) is 0 Å². The topological polar surface area (TPSA) is 24.9 Å². The van der Waals surface area contributed by atoms with Gasteiger partial charge in [0, 0.05) is 17.9 Å². The molecule has 0 saturated heterocycles. The third-order valence-electron chi connectivity index (χ3n) is 3.30. The molecular formula is C17H22N2. The van der Waals surface area contributed by atoms with Gasteiger partial charge in [-0.1, -0.05) is 43.3 Å². The Kier molecular flexibility index (Phi) is 5.57. The van der Waals surface area contributed by atoms with Crippen LogP contribution in [0.3, 0.4) is 0 Å². The van der Waals surface area contributed by atoms with Crippen LogP contribution >= 0.6 is 0 Å². The van der Waals surface area contributed by atoms with Crippen molar-refractivity contribution in [3.05, 3.63) is 66.0 Å². The van der Waals surface area contributed by atoms with E-state index in [-0.39, 0.29) is 0 Å². The Balaban J connectivity index is 1.87. The molecule has 2 aromatic rings. The third kappa shape index (κ3) is 4.49. The first-order chi connectivity index (χ1) is 9.40. The Morgan fingerprint density at radius 1 is 1.05 bits per heavy atom. The molecule has 2 nitrogen and oxygen atoms in total. The molecule has 100 valence electrons. The molecule has 2 heteroatoms. The van der Waals surface area contributed by atoms with Crippen LogP contribution in [0.1, 0.15) is 37.1 Å². The Bertz CT molecular complexity index is 453. The molecule has 0 aliphatic rings. The normalized spacial score (nSPS) is 12.3. The van der Waals surface area contributed by atoms with E-state index in [2.05, 4.69) is 59.7 Å². The Hall–Kier alpha value is -1.67. The number of aromatic nitrogens is 1. The van der Waals surface area contributed by atoms with Gasteiger partial charge in [0.25, 0.3) is 0 Å². The number of pyridine rings is 1. The molecule has 1 heterocycles. The van der Waals surface area contributed by atoms with Crippen LogP contribution in [0.15, 0.2) is 54.7 Å². The van der Waals surface area contributed by atoms with Crippen LogP contribution in [0.2, 0.25) is 0 Å². The van der Waals surface area contributed by atoms with Crippen molar-refractivity contribution >= 4 is 0 Å². The van der Waals surface area contributed by atoms with Crippen LogP contribution in [0.4, 0.5) is 0 Å². The first-order valence-corrected chi connectivity index (χ1v) is 7.08. The molecule has 2 rings (SSSR count). The van der Waals surface area contributed by atoms with Gasteiger partial charge >= 0.3 is 0 Å². The lowest BCUT2D eigenvalue weighted by Gasteiger charge is -2.18. The summed E-state index contributed by atoms with van der Waals surface area (Å²) in [5, 5.41) is 3.56. The van der Waals surface area contributed by atoms with Crippen molar-refractivity contribution in [1.82, 2.24) is 10.3 Å². The number of aryl methyl sites for hydroxylation is 1. The summed E-state index contributed by atoms with van der Waals surface area (Å²) in [4.78, 5) is 4.37. The fraction of sp³-hybridized carbons (Fsp3) is 0.353. The van der Waals surface area contributed by atoms with E-state index in [0.717, 1.165) is 25.8 Å². The Morgan fingerprint density at radius 2 is 1.84 bits per heavy atom. The SMILES string of the molecule is CCNC(CCCc1ccccn1)c1ccccc1. The van der Waals surface area contributed by atoms with E-state index < -0.39 is 0 Å². The summed E-state index contributed by atoms with van der Waals surface area (Å²) in [5.41, 5.74) is 2.57. The quantitative estimate of drug-likeness (QED) is 0.814. The molecule has 0 fully saturated rings. The van der Waals surface area contributed by atoms with Crippen LogP contribution in [-0.4, -0.2) is 11.5 Å². The van der Waals surface area contributed by atoms with Gasteiger partial charge in [0.1, 0.15) is 0 Å². The number of nitrogens with one attached hydrogen (secondary N) is 1. The minimum absolute atomic E-state index is 0.454. The van der Waals surface area contributed by atoms with Gasteiger partial charge in [0.2, 0.25) is 0 Å². The van der Waals surface area contributed by atoms with E-state index in [1.807, 2.05) is 12.3 Å². The minimum atomic E-state index is 0.454. The smallest absolute Gasteiger partial charge is 0.0403 e. The molecular weight excluding hydrogens is 232 g/mol. The van der Waals surface area contributed by atoms with Gasteiger partial charge in [-0.15, -0.1) is 0 Å². The maximum atomic E-state index is 4.37. The highest BCUT2D eigenvalue weighted by Crippen LogP contribution is 2.19. The molecule has 1 aromatic heterocycles. The zero-order chi connectivity index (χ0) is 13.3. The van der Waals surface area contributed by atoms with Crippen LogP contribution in [0, 0.1) is 0 Å². The lowest BCUT2D eigenvalue weighted by molar-refractivity contribution is 0.497. The van der Waals surface area contributed by atoms with Crippen molar-refractivity contribution < 1.29 is 0 Å². The molecule has 1 N–H and O–H groups in total. The first-order valence-electron chi connectivity index (χ1n) is 7.08. The van der Waals surface area contributed by atoms with Gasteiger partial charge in [-0.2, -0.15) is 0 Å². The predicted molar refractivity (Wildman–Crippen MR) is 80.0 cm³/mol. The van der Waals surface area contributed by atoms with Crippen molar-refractivity contribution in [1.29, 1.82) is 0 Å². The minimum Gasteiger partial charge on any atom is -0.310 e. The van der Waals surface area contributed by atoms with Crippen molar-refractivity contribution in [2.75, 3.05) is 6.54 Å². The van der Waals surface area contributed by atoms with Gasteiger partial charge in [-0.3, -0.25) is 4.98 Å². The summed E-state index contributed by atoms with van der Waals surface area (Å²) in [6.07, 6.45) is 5.22. The van der Waals surface area contributed by atoms with Crippen LogP contribution in [0.5, 0.6) is 0 Å². The molecule has 0 aliphatic heterocycles. The molecule has 0 radical (unpaired) electrons. The molecule has 0 saturated carbocycles. The summed E-state index contributed by atoms with van der Waals surface area (Å²) < 4.78 is 0. The van der Waals surface area contributed by atoms with E-state index in [1.165, 1.54) is 11.3 Å². The number of hydrogen-bond acceptors (Lipinski definition) is 2. The van der Waals surface area contributed by atoms with Crippen molar-refractivity contribution in [3.8, 4) is 0 Å². The van der Waals surface area contributed by atoms with Gasteiger partial charge < -0.3 is 5.32 Å².